The molecule has 2 rings (SSSR count). The van der Waals surface area contributed by atoms with Crippen LogP contribution in [0, 0.1) is 6.92 Å². The molecule has 0 spiro atoms. The maximum absolute atomic E-state index is 5.89. The highest BCUT2D eigenvalue weighted by Crippen LogP contribution is 2.25. The second-order valence-corrected chi connectivity index (χ2v) is 6.42. The molecule has 0 aliphatic rings. The summed E-state index contributed by atoms with van der Waals surface area (Å²) in [7, 11) is 1.95. The first-order valence-electron chi connectivity index (χ1n) is 6.41. The van der Waals surface area contributed by atoms with E-state index < -0.39 is 0 Å². The smallest absolute Gasteiger partial charge is 0.122 e. The summed E-state index contributed by atoms with van der Waals surface area (Å²) in [6.45, 7) is 3.47. The molecule has 2 aromatic carbocycles. The summed E-state index contributed by atoms with van der Waals surface area (Å²) in [5.74, 6) is 0.916. The largest absolute Gasteiger partial charge is 0.489 e. The molecule has 0 saturated carbocycles. The highest BCUT2D eigenvalue weighted by atomic mass is 79.9. The maximum atomic E-state index is 5.89. The predicted octanol–water partition coefficient (Wildman–Crippen LogP) is 4.82. The van der Waals surface area contributed by atoms with Crippen LogP contribution in [0.2, 0.25) is 0 Å². The van der Waals surface area contributed by atoms with Crippen molar-refractivity contribution >= 4 is 31.9 Å². The zero-order valence-corrected chi connectivity index (χ0v) is 14.7. The van der Waals surface area contributed by atoms with Gasteiger partial charge in [0.1, 0.15) is 12.4 Å². The molecule has 20 heavy (non-hydrogen) atoms. The average Bonchev–Trinajstić information content (AvgIpc) is 2.40. The Morgan fingerprint density at radius 3 is 2.55 bits per heavy atom. The topological polar surface area (TPSA) is 21.3 Å². The molecule has 4 heteroatoms. The second kappa shape index (κ2) is 7.25. The van der Waals surface area contributed by atoms with Crippen LogP contribution in [-0.2, 0) is 13.2 Å². The lowest BCUT2D eigenvalue weighted by molar-refractivity contribution is 0.303. The minimum absolute atomic E-state index is 0.558. The van der Waals surface area contributed by atoms with Gasteiger partial charge in [0, 0.05) is 21.1 Å². The van der Waals surface area contributed by atoms with E-state index in [0.717, 1.165) is 32.4 Å². The van der Waals surface area contributed by atoms with E-state index in [9.17, 15) is 0 Å². The van der Waals surface area contributed by atoms with Crippen LogP contribution >= 0.6 is 31.9 Å². The summed E-state index contributed by atoms with van der Waals surface area (Å²) in [6.07, 6.45) is 0. The molecule has 1 N–H and O–H groups in total. The van der Waals surface area contributed by atoms with Crippen LogP contribution in [0.4, 0.5) is 0 Å². The standard InChI is InChI=1S/C16H17Br2NO/c1-11-7-14(17)5-6-16(11)20-10-13-4-3-12(9-19-2)8-15(13)18/h3-8,19H,9-10H2,1-2H3. The monoisotopic (exact) mass is 397 g/mol. The van der Waals surface area contributed by atoms with Gasteiger partial charge in [-0.2, -0.15) is 0 Å². The lowest BCUT2D eigenvalue weighted by atomic mass is 10.1. The Balaban J connectivity index is 2.07. The van der Waals surface area contributed by atoms with E-state index in [1.165, 1.54) is 5.56 Å². The van der Waals surface area contributed by atoms with Crippen LogP contribution in [0.25, 0.3) is 0 Å². The molecule has 0 aliphatic heterocycles. The van der Waals surface area contributed by atoms with Gasteiger partial charge in [-0.25, -0.2) is 0 Å². The first-order valence-corrected chi connectivity index (χ1v) is 7.99. The summed E-state index contributed by atoms with van der Waals surface area (Å²) in [6, 6.07) is 12.4. The maximum Gasteiger partial charge on any atom is 0.122 e. The third-order valence-corrected chi connectivity index (χ3v) is 4.25. The normalized spacial score (nSPS) is 10.6. The molecule has 0 aliphatic carbocycles. The lowest BCUT2D eigenvalue weighted by Crippen LogP contribution is -2.05. The van der Waals surface area contributed by atoms with Gasteiger partial charge in [0.15, 0.2) is 0 Å². The zero-order valence-electron chi connectivity index (χ0n) is 11.5. The van der Waals surface area contributed by atoms with E-state index in [2.05, 4.69) is 61.4 Å². The third-order valence-electron chi connectivity index (χ3n) is 3.02. The second-order valence-electron chi connectivity index (χ2n) is 4.65. The lowest BCUT2D eigenvalue weighted by Gasteiger charge is -2.11. The molecular weight excluding hydrogens is 382 g/mol. The molecule has 2 nitrogen and oxygen atoms in total. The van der Waals surface area contributed by atoms with Crippen molar-refractivity contribution in [1.82, 2.24) is 5.32 Å². The minimum atomic E-state index is 0.558. The fourth-order valence-corrected chi connectivity index (χ4v) is 2.97. The van der Waals surface area contributed by atoms with Gasteiger partial charge in [0.05, 0.1) is 0 Å². The van der Waals surface area contributed by atoms with Gasteiger partial charge >= 0.3 is 0 Å². The Morgan fingerprint density at radius 2 is 1.90 bits per heavy atom. The SMILES string of the molecule is CNCc1ccc(COc2ccc(Br)cc2C)c(Br)c1. The van der Waals surface area contributed by atoms with Crippen molar-refractivity contribution < 1.29 is 4.74 Å². The van der Waals surface area contributed by atoms with Crippen LogP contribution in [0.5, 0.6) is 5.75 Å². The molecule has 0 saturated heterocycles. The van der Waals surface area contributed by atoms with Crippen molar-refractivity contribution in [3.63, 3.8) is 0 Å². The molecule has 0 unspecified atom stereocenters. The van der Waals surface area contributed by atoms with E-state index in [-0.39, 0.29) is 0 Å². The van der Waals surface area contributed by atoms with Crippen LogP contribution in [0.1, 0.15) is 16.7 Å². The Kier molecular flexibility index (Phi) is 5.64. The van der Waals surface area contributed by atoms with Crippen molar-refractivity contribution in [2.24, 2.45) is 0 Å². The number of halogens is 2. The van der Waals surface area contributed by atoms with Gasteiger partial charge in [-0.05, 0) is 49.4 Å². The predicted molar refractivity (Wildman–Crippen MR) is 90.1 cm³/mol. The Labute approximate surface area is 136 Å². The van der Waals surface area contributed by atoms with E-state index in [4.69, 9.17) is 4.74 Å². The molecule has 0 heterocycles. The minimum Gasteiger partial charge on any atom is -0.489 e. The Morgan fingerprint density at radius 1 is 1.10 bits per heavy atom. The Bertz CT molecular complexity index is 599. The van der Waals surface area contributed by atoms with Crippen LogP contribution in [0.3, 0.4) is 0 Å². The number of nitrogens with one attached hydrogen (secondary N) is 1. The van der Waals surface area contributed by atoms with Gasteiger partial charge in [-0.15, -0.1) is 0 Å². The molecule has 0 fully saturated rings. The molecule has 0 aromatic heterocycles. The van der Waals surface area contributed by atoms with Crippen molar-refractivity contribution in [1.29, 1.82) is 0 Å². The number of hydrogen-bond donors (Lipinski definition) is 1. The van der Waals surface area contributed by atoms with Crippen LogP contribution < -0.4 is 10.1 Å². The molecule has 0 bridgehead atoms. The molecule has 0 atom stereocenters. The molecule has 106 valence electrons. The fourth-order valence-electron chi connectivity index (χ4n) is 1.95. The number of ether oxygens (including phenoxy) is 1. The van der Waals surface area contributed by atoms with Crippen LogP contribution in [-0.4, -0.2) is 7.05 Å². The molecule has 2 aromatic rings. The number of hydrogen-bond acceptors (Lipinski definition) is 2. The van der Waals surface area contributed by atoms with E-state index >= 15 is 0 Å². The quantitative estimate of drug-likeness (QED) is 0.779. The van der Waals surface area contributed by atoms with E-state index in [1.54, 1.807) is 0 Å². The summed E-state index contributed by atoms with van der Waals surface area (Å²) < 4.78 is 8.04. The fraction of sp³-hybridized carbons (Fsp3) is 0.250. The summed E-state index contributed by atoms with van der Waals surface area (Å²) >= 11 is 7.06. The van der Waals surface area contributed by atoms with Gasteiger partial charge in [-0.3, -0.25) is 0 Å². The van der Waals surface area contributed by atoms with Gasteiger partial charge in [0.2, 0.25) is 0 Å². The number of benzene rings is 2. The van der Waals surface area contributed by atoms with Crippen molar-refractivity contribution in [2.75, 3.05) is 7.05 Å². The van der Waals surface area contributed by atoms with Gasteiger partial charge < -0.3 is 10.1 Å². The molecular formula is C16H17Br2NO. The van der Waals surface area contributed by atoms with Gasteiger partial charge in [0.25, 0.3) is 0 Å². The first-order chi connectivity index (χ1) is 9.60. The van der Waals surface area contributed by atoms with E-state index in [1.807, 2.05) is 26.1 Å². The van der Waals surface area contributed by atoms with E-state index in [0.29, 0.717) is 6.61 Å². The third kappa shape index (κ3) is 4.08. The van der Waals surface area contributed by atoms with Crippen LogP contribution in [0.15, 0.2) is 45.3 Å². The van der Waals surface area contributed by atoms with Gasteiger partial charge in [-0.1, -0.05) is 44.0 Å². The summed E-state index contributed by atoms with van der Waals surface area (Å²) in [4.78, 5) is 0. The summed E-state index contributed by atoms with van der Waals surface area (Å²) in [5, 5.41) is 3.14. The Hall–Kier alpha value is -0.840. The van der Waals surface area contributed by atoms with Crippen molar-refractivity contribution in [2.45, 2.75) is 20.1 Å². The highest BCUT2D eigenvalue weighted by molar-refractivity contribution is 9.10. The van der Waals surface area contributed by atoms with Crippen molar-refractivity contribution in [3.8, 4) is 5.75 Å². The zero-order chi connectivity index (χ0) is 14.5. The number of rotatable bonds is 5. The summed E-state index contributed by atoms with van der Waals surface area (Å²) in [5.41, 5.74) is 3.53. The highest BCUT2D eigenvalue weighted by Gasteiger charge is 2.05. The van der Waals surface area contributed by atoms with Crippen molar-refractivity contribution in [3.05, 3.63) is 62.0 Å². The molecule has 0 radical (unpaired) electrons. The molecule has 0 amide bonds. The first kappa shape index (κ1) is 15.5. The average molecular weight is 399 g/mol. The number of aryl methyl sites for hydroxylation is 1.